The summed E-state index contributed by atoms with van der Waals surface area (Å²) in [5.74, 6) is -1.67. The van der Waals surface area contributed by atoms with E-state index in [0.717, 1.165) is 11.3 Å². The summed E-state index contributed by atoms with van der Waals surface area (Å²) in [5.41, 5.74) is -0.626. The topological polar surface area (TPSA) is 74.7 Å². The van der Waals surface area contributed by atoms with Gasteiger partial charge in [0, 0.05) is 11.6 Å². The van der Waals surface area contributed by atoms with E-state index in [9.17, 15) is 19.5 Å². The SMILES string of the molecule is CC1=CC(=O)N(C2CCCC2(C)C(=O)O)C1=O. The largest absolute Gasteiger partial charge is 0.481 e. The molecule has 0 aromatic rings. The van der Waals surface area contributed by atoms with Gasteiger partial charge in [-0.15, -0.1) is 0 Å². The first-order valence-corrected chi connectivity index (χ1v) is 5.67. The van der Waals surface area contributed by atoms with Gasteiger partial charge in [0.05, 0.1) is 11.5 Å². The van der Waals surface area contributed by atoms with Crippen LogP contribution in [0.2, 0.25) is 0 Å². The van der Waals surface area contributed by atoms with E-state index < -0.39 is 17.4 Å². The number of imide groups is 1. The highest BCUT2D eigenvalue weighted by Crippen LogP contribution is 2.42. The van der Waals surface area contributed by atoms with E-state index in [0.29, 0.717) is 18.4 Å². The van der Waals surface area contributed by atoms with Crippen LogP contribution in [-0.2, 0) is 14.4 Å². The number of carboxylic acids is 1. The van der Waals surface area contributed by atoms with Crippen LogP contribution in [0.3, 0.4) is 0 Å². The Labute approximate surface area is 99.1 Å². The van der Waals surface area contributed by atoms with E-state index in [4.69, 9.17) is 0 Å². The zero-order valence-electron chi connectivity index (χ0n) is 9.90. The molecular weight excluding hydrogens is 222 g/mol. The van der Waals surface area contributed by atoms with Crippen LogP contribution in [0, 0.1) is 5.41 Å². The number of carbonyl (C=O) groups is 3. The number of hydrogen-bond donors (Lipinski definition) is 1. The fourth-order valence-electron chi connectivity index (χ4n) is 2.71. The van der Waals surface area contributed by atoms with Crippen molar-refractivity contribution in [3.63, 3.8) is 0 Å². The maximum atomic E-state index is 11.9. The molecule has 2 rings (SSSR count). The van der Waals surface area contributed by atoms with Gasteiger partial charge < -0.3 is 5.11 Å². The third-order valence-corrected chi connectivity index (χ3v) is 3.84. The van der Waals surface area contributed by atoms with Gasteiger partial charge in [0.1, 0.15) is 0 Å². The van der Waals surface area contributed by atoms with Crippen LogP contribution in [0.5, 0.6) is 0 Å². The molecule has 2 aliphatic rings. The lowest BCUT2D eigenvalue weighted by Crippen LogP contribution is -2.50. The fraction of sp³-hybridized carbons (Fsp3) is 0.583. The monoisotopic (exact) mass is 237 g/mol. The van der Waals surface area contributed by atoms with E-state index in [2.05, 4.69) is 0 Å². The summed E-state index contributed by atoms with van der Waals surface area (Å²) in [6, 6.07) is -0.520. The lowest BCUT2D eigenvalue weighted by molar-refractivity contribution is -0.154. The standard InChI is InChI=1S/C12H15NO4/c1-7-6-9(14)13(10(7)15)8-4-3-5-12(8,2)11(16)17/h6,8H,3-5H2,1-2H3,(H,16,17). The van der Waals surface area contributed by atoms with Gasteiger partial charge in [-0.3, -0.25) is 19.3 Å². The molecule has 0 radical (unpaired) electrons. The van der Waals surface area contributed by atoms with Crippen LogP contribution >= 0.6 is 0 Å². The van der Waals surface area contributed by atoms with Gasteiger partial charge in [-0.25, -0.2) is 0 Å². The van der Waals surface area contributed by atoms with Gasteiger partial charge in [-0.2, -0.15) is 0 Å². The minimum atomic E-state index is -1.01. The van der Waals surface area contributed by atoms with Gasteiger partial charge in [0.15, 0.2) is 0 Å². The average molecular weight is 237 g/mol. The van der Waals surface area contributed by atoms with E-state index in [1.165, 1.54) is 6.08 Å². The van der Waals surface area contributed by atoms with E-state index >= 15 is 0 Å². The molecule has 1 aliphatic heterocycles. The summed E-state index contributed by atoms with van der Waals surface area (Å²) in [6.45, 7) is 3.19. The van der Waals surface area contributed by atoms with Crippen molar-refractivity contribution in [2.45, 2.75) is 39.2 Å². The van der Waals surface area contributed by atoms with Gasteiger partial charge in [-0.05, 0) is 26.7 Å². The Morgan fingerprint density at radius 3 is 2.65 bits per heavy atom. The van der Waals surface area contributed by atoms with Crippen LogP contribution in [0.4, 0.5) is 0 Å². The van der Waals surface area contributed by atoms with Crippen molar-refractivity contribution in [3.05, 3.63) is 11.6 Å². The van der Waals surface area contributed by atoms with Crippen molar-refractivity contribution in [2.75, 3.05) is 0 Å². The second kappa shape index (κ2) is 3.68. The molecule has 2 amide bonds. The van der Waals surface area contributed by atoms with Gasteiger partial charge in [0.2, 0.25) is 0 Å². The first-order valence-electron chi connectivity index (χ1n) is 5.67. The number of carbonyl (C=O) groups excluding carboxylic acids is 2. The lowest BCUT2D eigenvalue weighted by Gasteiger charge is -2.33. The predicted molar refractivity (Wildman–Crippen MR) is 59.0 cm³/mol. The molecule has 1 N–H and O–H groups in total. The maximum Gasteiger partial charge on any atom is 0.311 e. The minimum Gasteiger partial charge on any atom is -0.481 e. The van der Waals surface area contributed by atoms with Gasteiger partial charge >= 0.3 is 5.97 Å². The Bertz CT molecular complexity index is 440. The van der Waals surface area contributed by atoms with Gasteiger partial charge in [0.25, 0.3) is 11.8 Å². The first kappa shape index (κ1) is 11.8. The molecule has 5 heteroatoms. The highest BCUT2D eigenvalue weighted by Gasteiger charge is 2.51. The first-order chi connectivity index (χ1) is 7.88. The van der Waals surface area contributed by atoms with Crippen LogP contribution in [0.25, 0.3) is 0 Å². The van der Waals surface area contributed by atoms with Crippen molar-refractivity contribution < 1.29 is 19.5 Å². The second-order valence-corrected chi connectivity index (χ2v) is 4.97. The number of hydrogen-bond acceptors (Lipinski definition) is 3. The van der Waals surface area contributed by atoms with Crippen molar-refractivity contribution >= 4 is 17.8 Å². The Hall–Kier alpha value is -1.65. The molecule has 0 saturated heterocycles. The highest BCUT2D eigenvalue weighted by molar-refractivity contribution is 6.16. The number of carboxylic acid groups (broad SMARTS) is 1. The Balaban J connectivity index is 2.33. The molecule has 1 fully saturated rings. The summed E-state index contributed by atoms with van der Waals surface area (Å²) in [6.07, 6.45) is 3.08. The van der Waals surface area contributed by atoms with Crippen LogP contribution in [0.15, 0.2) is 11.6 Å². The minimum absolute atomic E-state index is 0.352. The average Bonchev–Trinajstić information content (AvgIpc) is 2.72. The maximum absolute atomic E-state index is 11.9. The number of amides is 2. The second-order valence-electron chi connectivity index (χ2n) is 4.97. The smallest absolute Gasteiger partial charge is 0.311 e. The summed E-state index contributed by atoms with van der Waals surface area (Å²) >= 11 is 0. The summed E-state index contributed by atoms with van der Waals surface area (Å²) in [5, 5.41) is 9.28. The van der Waals surface area contributed by atoms with E-state index in [1.807, 2.05) is 0 Å². The molecule has 0 aromatic heterocycles. The molecule has 1 saturated carbocycles. The summed E-state index contributed by atoms with van der Waals surface area (Å²) in [7, 11) is 0. The van der Waals surface area contributed by atoms with Gasteiger partial charge in [-0.1, -0.05) is 6.42 Å². The Kier molecular flexibility index (Phi) is 2.56. The molecule has 0 spiro atoms. The molecule has 1 aliphatic carbocycles. The molecule has 2 atom stereocenters. The molecule has 17 heavy (non-hydrogen) atoms. The number of nitrogens with zero attached hydrogens (tertiary/aromatic N) is 1. The zero-order chi connectivity index (χ0) is 12.8. The quantitative estimate of drug-likeness (QED) is 0.725. The van der Waals surface area contributed by atoms with E-state index in [-0.39, 0.29) is 11.8 Å². The van der Waals surface area contributed by atoms with Crippen LogP contribution in [0.1, 0.15) is 33.1 Å². The third-order valence-electron chi connectivity index (χ3n) is 3.84. The molecule has 1 heterocycles. The highest BCUT2D eigenvalue weighted by atomic mass is 16.4. The number of aliphatic carboxylic acids is 1. The van der Waals surface area contributed by atoms with Crippen LogP contribution < -0.4 is 0 Å². The molecule has 0 aromatic carbocycles. The normalized spacial score (nSPS) is 33.2. The Morgan fingerprint density at radius 1 is 1.53 bits per heavy atom. The summed E-state index contributed by atoms with van der Waals surface area (Å²) in [4.78, 5) is 36.0. The third kappa shape index (κ3) is 1.57. The molecule has 2 unspecified atom stereocenters. The predicted octanol–water partition coefficient (Wildman–Crippen LogP) is 0.945. The molecule has 5 nitrogen and oxygen atoms in total. The van der Waals surface area contributed by atoms with Crippen LogP contribution in [-0.4, -0.2) is 33.8 Å². The van der Waals surface area contributed by atoms with Crippen molar-refractivity contribution in [3.8, 4) is 0 Å². The Morgan fingerprint density at radius 2 is 2.18 bits per heavy atom. The lowest BCUT2D eigenvalue weighted by atomic mass is 9.84. The van der Waals surface area contributed by atoms with Crippen molar-refractivity contribution in [2.24, 2.45) is 5.41 Å². The summed E-state index contributed by atoms with van der Waals surface area (Å²) < 4.78 is 0. The van der Waals surface area contributed by atoms with E-state index in [1.54, 1.807) is 13.8 Å². The fourth-order valence-corrected chi connectivity index (χ4v) is 2.71. The van der Waals surface area contributed by atoms with Crippen molar-refractivity contribution in [1.29, 1.82) is 0 Å². The molecule has 92 valence electrons. The zero-order valence-corrected chi connectivity index (χ0v) is 9.90. The molecule has 0 bridgehead atoms. The molecular formula is C12H15NO4. The van der Waals surface area contributed by atoms with Crippen molar-refractivity contribution in [1.82, 2.24) is 4.90 Å². The number of rotatable bonds is 2.